The van der Waals surface area contributed by atoms with Crippen LogP contribution in [-0.4, -0.2) is 73.0 Å². The molecule has 0 fully saturated rings. The van der Waals surface area contributed by atoms with Crippen molar-refractivity contribution in [2.24, 2.45) is 5.16 Å². The van der Waals surface area contributed by atoms with E-state index in [1.165, 1.54) is 7.11 Å². The highest BCUT2D eigenvalue weighted by Gasteiger charge is 2.53. The van der Waals surface area contributed by atoms with Gasteiger partial charge in [-0.3, -0.25) is 9.35 Å². The SMILES string of the molecule is COC1=C(Br)[C@H](O)[C@]2(CC(C(=O)NCCCOc3c(Br)cc(CCNS(=O)(=O)O)cc3Br)=NO2)CC1Br. The molecule has 4 N–H and O–H groups in total. The third kappa shape index (κ3) is 7.90. The number of methoxy groups -OCH3 is 1. The van der Waals surface area contributed by atoms with Crippen LogP contribution in [0.25, 0.3) is 0 Å². The average Bonchev–Trinajstić information content (AvgIpc) is 3.23. The second-order valence-corrected chi connectivity index (χ2v) is 13.2. The van der Waals surface area contributed by atoms with Crippen LogP contribution in [0, 0.1) is 0 Å². The van der Waals surface area contributed by atoms with Gasteiger partial charge in [-0.15, -0.1) is 0 Å². The number of carbonyl (C=O) groups is 1. The number of nitrogens with one attached hydrogen (secondary N) is 2. The summed E-state index contributed by atoms with van der Waals surface area (Å²) in [5.74, 6) is 0.762. The summed E-state index contributed by atoms with van der Waals surface area (Å²) in [6, 6.07) is 3.59. The van der Waals surface area contributed by atoms with Crippen LogP contribution in [0.1, 0.15) is 24.8 Å². The molecule has 11 nitrogen and oxygen atoms in total. The zero-order valence-electron chi connectivity index (χ0n) is 19.5. The van der Waals surface area contributed by atoms with E-state index in [0.29, 0.717) is 57.4 Å². The van der Waals surface area contributed by atoms with E-state index in [2.05, 4.69) is 74.2 Å². The summed E-state index contributed by atoms with van der Waals surface area (Å²) in [6.45, 7) is 0.697. The number of alkyl halides is 1. The van der Waals surface area contributed by atoms with E-state index >= 15 is 0 Å². The van der Waals surface area contributed by atoms with Crippen molar-refractivity contribution in [3.63, 3.8) is 0 Å². The second kappa shape index (κ2) is 13.1. The lowest BCUT2D eigenvalue weighted by molar-refractivity contribution is -0.114. The minimum atomic E-state index is -4.23. The van der Waals surface area contributed by atoms with Gasteiger partial charge in [-0.1, -0.05) is 21.1 Å². The van der Waals surface area contributed by atoms with Gasteiger partial charge in [0.25, 0.3) is 5.91 Å². The van der Waals surface area contributed by atoms with Crippen LogP contribution in [0.4, 0.5) is 0 Å². The predicted octanol–water partition coefficient (Wildman–Crippen LogP) is 3.33. The number of aliphatic hydroxyl groups is 1. The molecule has 3 rings (SSSR count). The number of aliphatic hydroxyl groups excluding tert-OH is 1. The molecule has 3 atom stereocenters. The number of hydrogen-bond donors (Lipinski definition) is 4. The predicted molar refractivity (Wildman–Crippen MR) is 150 cm³/mol. The van der Waals surface area contributed by atoms with Crippen molar-refractivity contribution in [2.45, 2.75) is 42.2 Å². The summed E-state index contributed by atoms with van der Waals surface area (Å²) in [7, 11) is -2.71. The molecule has 0 saturated heterocycles. The molecule has 1 aromatic carbocycles. The number of hydrogen-bond acceptors (Lipinski definition) is 8. The summed E-state index contributed by atoms with van der Waals surface area (Å²) >= 11 is 13.8. The van der Waals surface area contributed by atoms with Crippen molar-refractivity contribution in [2.75, 3.05) is 26.8 Å². The molecule has 206 valence electrons. The maximum atomic E-state index is 12.6. The minimum Gasteiger partial charge on any atom is -0.499 e. The van der Waals surface area contributed by atoms with Crippen LogP contribution in [-0.2, 0) is 31.1 Å². The highest BCUT2D eigenvalue weighted by atomic mass is 79.9. The van der Waals surface area contributed by atoms with Gasteiger partial charge in [0.2, 0.25) is 0 Å². The maximum absolute atomic E-state index is 12.6. The Bertz CT molecular complexity index is 1170. The van der Waals surface area contributed by atoms with Crippen molar-refractivity contribution < 1.29 is 37.2 Å². The van der Waals surface area contributed by atoms with Gasteiger partial charge in [0.05, 0.1) is 32.0 Å². The Hall–Kier alpha value is -0.750. The van der Waals surface area contributed by atoms with Crippen LogP contribution in [0.2, 0.25) is 0 Å². The molecule has 0 aromatic heterocycles. The molecule has 0 bridgehead atoms. The number of amides is 1. The molecular weight excluding hydrogens is 774 g/mol. The van der Waals surface area contributed by atoms with Crippen molar-refractivity contribution in [3.05, 3.63) is 36.9 Å². The maximum Gasteiger partial charge on any atom is 0.333 e. The lowest BCUT2D eigenvalue weighted by Gasteiger charge is -2.38. The number of rotatable bonds is 11. The van der Waals surface area contributed by atoms with Gasteiger partial charge < -0.3 is 24.7 Å². The molecule has 1 aromatic rings. The van der Waals surface area contributed by atoms with Gasteiger partial charge in [-0.2, -0.15) is 13.1 Å². The Morgan fingerprint density at radius 1 is 1.27 bits per heavy atom. The number of benzene rings is 1. The third-order valence-corrected chi connectivity index (χ3v) is 8.99. The summed E-state index contributed by atoms with van der Waals surface area (Å²) in [5.41, 5.74) is -0.0367. The van der Waals surface area contributed by atoms with Crippen molar-refractivity contribution in [1.82, 2.24) is 10.0 Å². The van der Waals surface area contributed by atoms with Gasteiger partial charge in [0.1, 0.15) is 23.3 Å². The van der Waals surface area contributed by atoms with E-state index in [1.807, 2.05) is 4.72 Å². The molecule has 0 radical (unpaired) electrons. The third-order valence-electron chi connectivity index (χ3n) is 5.68. The Kier molecular flexibility index (Phi) is 10.9. The van der Waals surface area contributed by atoms with Gasteiger partial charge in [-0.25, -0.2) is 0 Å². The minimum absolute atomic E-state index is 0.0485. The van der Waals surface area contributed by atoms with Crippen LogP contribution in [0.5, 0.6) is 5.75 Å². The highest BCUT2D eigenvalue weighted by molar-refractivity contribution is 9.12. The van der Waals surface area contributed by atoms with E-state index in [-0.39, 0.29) is 29.4 Å². The molecule has 1 heterocycles. The molecule has 1 aliphatic carbocycles. The first-order valence-electron chi connectivity index (χ1n) is 11.0. The normalized spacial score (nSPS) is 23.6. The molecule has 1 spiro atoms. The van der Waals surface area contributed by atoms with Gasteiger partial charge in [0.15, 0.2) is 5.60 Å². The van der Waals surface area contributed by atoms with E-state index < -0.39 is 22.0 Å². The summed E-state index contributed by atoms with van der Waals surface area (Å²) in [4.78, 5) is 18.0. The summed E-state index contributed by atoms with van der Waals surface area (Å²) in [5, 5.41) is 17.5. The van der Waals surface area contributed by atoms with E-state index in [9.17, 15) is 18.3 Å². The van der Waals surface area contributed by atoms with E-state index in [1.54, 1.807) is 12.1 Å². The molecule has 16 heteroatoms. The highest BCUT2D eigenvalue weighted by Crippen LogP contribution is 2.45. The standard InChI is InChI=1S/C21H25Br4N3O8S/c1-34-18-14(24)9-21(19(29)16(18)25)10-15(28-36-21)20(30)26-4-2-6-35-17-12(22)7-11(8-13(17)23)3-5-27-37(31,32)33/h7-8,14,19,27,29H,2-6,9-10H2,1H3,(H,26,30)(H,31,32,33)/t14?,19-,21+/m0/s1. The van der Waals surface area contributed by atoms with Crippen molar-refractivity contribution >= 4 is 85.6 Å². The van der Waals surface area contributed by atoms with Crippen LogP contribution in [0.15, 0.2) is 36.5 Å². The zero-order valence-corrected chi connectivity index (χ0v) is 26.6. The molecule has 37 heavy (non-hydrogen) atoms. The number of nitrogens with zero attached hydrogens (tertiary/aromatic N) is 1. The first-order valence-corrected chi connectivity index (χ1v) is 15.7. The van der Waals surface area contributed by atoms with E-state index in [4.69, 9.17) is 18.9 Å². The second-order valence-electron chi connectivity index (χ2n) is 8.33. The average molecular weight is 799 g/mol. The van der Waals surface area contributed by atoms with Crippen molar-refractivity contribution in [1.29, 1.82) is 0 Å². The number of oxime groups is 1. The smallest absolute Gasteiger partial charge is 0.333 e. The van der Waals surface area contributed by atoms with E-state index in [0.717, 1.165) is 5.56 Å². The number of ether oxygens (including phenoxy) is 2. The van der Waals surface area contributed by atoms with Crippen LogP contribution in [0.3, 0.4) is 0 Å². The van der Waals surface area contributed by atoms with Crippen LogP contribution >= 0.6 is 63.7 Å². The molecule has 2 aliphatic rings. The van der Waals surface area contributed by atoms with Gasteiger partial charge in [0, 0.05) is 25.9 Å². The summed E-state index contributed by atoms with van der Waals surface area (Å²) < 4.78 is 45.3. The lowest BCUT2D eigenvalue weighted by atomic mass is 9.82. The molecular formula is C21H25Br4N3O8S. The first-order chi connectivity index (χ1) is 17.4. The zero-order chi connectivity index (χ0) is 27.4. The van der Waals surface area contributed by atoms with Gasteiger partial charge in [-0.05, 0) is 78.3 Å². The Morgan fingerprint density at radius 3 is 2.57 bits per heavy atom. The largest absolute Gasteiger partial charge is 0.499 e. The molecule has 1 aliphatic heterocycles. The Morgan fingerprint density at radius 2 is 1.95 bits per heavy atom. The first kappa shape index (κ1) is 30.8. The summed E-state index contributed by atoms with van der Waals surface area (Å²) in [6.07, 6.45) is 0.381. The van der Waals surface area contributed by atoms with Crippen LogP contribution < -0.4 is 14.8 Å². The fourth-order valence-electron chi connectivity index (χ4n) is 3.89. The Labute approximate surface area is 248 Å². The Balaban J connectivity index is 1.44. The number of carbonyl (C=O) groups excluding carboxylic acids is 1. The number of halogens is 4. The topological polar surface area (TPSA) is 156 Å². The molecule has 1 unspecified atom stereocenters. The monoisotopic (exact) mass is 795 g/mol. The number of allylic oxidation sites excluding steroid dienone is 1. The fourth-order valence-corrected chi connectivity index (χ4v) is 7.90. The van der Waals surface area contributed by atoms with Crippen molar-refractivity contribution in [3.8, 4) is 5.75 Å². The molecule has 1 amide bonds. The molecule has 0 saturated carbocycles. The lowest BCUT2D eigenvalue weighted by Crippen LogP contribution is -2.49. The fraction of sp³-hybridized carbons (Fsp3) is 0.524. The quantitative estimate of drug-likeness (QED) is 0.151. The van der Waals surface area contributed by atoms with Gasteiger partial charge >= 0.3 is 10.3 Å².